The number of unbranched alkanes of at least 4 members (excludes halogenated alkanes) is 1. The first-order chi connectivity index (χ1) is 9.83. The first-order valence-electron chi connectivity index (χ1n) is 8.00. The smallest absolute Gasteiger partial charge is 0.325 e. The van der Waals surface area contributed by atoms with Crippen LogP contribution in [-0.2, 0) is 14.3 Å². The number of carbonyl (C=O) groups is 1. The van der Waals surface area contributed by atoms with Gasteiger partial charge >= 0.3 is 5.97 Å². The predicted octanol–water partition coefficient (Wildman–Crippen LogP) is 2.04. The third-order valence-electron chi connectivity index (χ3n) is 3.40. The topological polar surface area (TPSA) is 64.8 Å². The van der Waals surface area contributed by atoms with E-state index in [0.717, 1.165) is 39.1 Å². The van der Waals surface area contributed by atoms with Crippen LogP contribution >= 0.6 is 0 Å². The number of hydrogen-bond donors (Lipinski definition) is 1. The van der Waals surface area contributed by atoms with Crippen molar-refractivity contribution in [2.75, 3.05) is 40.0 Å². The van der Waals surface area contributed by atoms with Gasteiger partial charge in [-0.25, -0.2) is 0 Å². The standard InChI is InChI=1S/C16H34N2O3/c1-6-21-15(19)16(4,17)9-7-8-10-18(11-12-20-5)13-14(2)3/h14H,6-13,17H2,1-5H3. The zero-order valence-corrected chi connectivity index (χ0v) is 14.5. The van der Waals surface area contributed by atoms with Crippen LogP contribution in [-0.4, -0.2) is 56.4 Å². The number of hydrogen-bond acceptors (Lipinski definition) is 5. The van der Waals surface area contributed by atoms with Gasteiger partial charge in [-0.05, 0) is 45.6 Å². The highest BCUT2D eigenvalue weighted by molar-refractivity contribution is 5.79. The molecule has 0 amide bonds. The minimum Gasteiger partial charge on any atom is -0.465 e. The number of nitrogens with two attached hydrogens (primary N) is 1. The molecule has 21 heavy (non-hydrogen) atoms. The second kappa shape index (κ2) is 11.0. The largest absolute Gasteiger partial charge is 0.465 e. The van der Waals surface area contributed by atoms with Crippen LogP contribution in [0.15, 0.2) is 0 Å². The van der Waals surface area contributed by atoms with Gasteiger partial charge in [0, 0.05) is 20.2 Å². The molecule has 1 atom stereocenters. The lowest BCUT2D eigenvalue weighted by Crippen LogP contribution is -2.46. The van der Waals surface area contributed by atoms with Crippen molar-refractivity contribution in [3.05, 3.63) is 0 Å². The average Bonchev–Trinajstić information content (AvgIpc) is 2.40. The molecule has 0 aliphatic heterocycles. The lowest BCUT2D eigenvalue weighted by atomic mass is 9.96. The molecule has 5 nitrogen and oxygen atoms in total. The number of nitrogens with zero attached hydrogens (tertiary/aromatic N) is 1. The summed E-state index contributed by atoms with van der Waals surface area (Å²) in [7, 11) is 1.73. The van der Waals surface area contributed by atoms with E-state index >= 15 is 0 Å². The van der Waals surface area contributed by atoms with E-state index in [1.165, 1.54) is 0 Å². The van der Waals surface area contributed by atoms with E-state index in [1.54, 1.807) is 21.0 Å². The summed E-state index contributed by atoms with van der Waals surface area (Å²) in [5, 5.41) is 0. The Morgan fingerprint density at radius 2 is 1.95 bits per heavy atom. The van der Waals surface area contributed by atoms with Crippen LogP contribution in [0.5, 0.6) is 0 Å². The molecule has 2 N–H and O–H groups in total. The Labute approximate surface area is 130 Å². The molecule has 0 saturated carbocycles. The summed E-state index contributed by atoms with van der Waals surface area (Å²) in [5.41, 5.74) is 5.15. The summed E-state index contributed by atoms with van der Waals surface area (Å²) in [5.74, 6) is 0.338. The fourth-order valence-corrected chi connectivity index (χ4v) is 2.26. The Hall–Kier alpha value is -0.650. The maximum atomic E-state index is 11.7. The Morgan fingerprint density at radius 1 is 1.29 bits per heavy atom. The highest BCUT2D eigenvalue weighted by Gasteiger charge is 2.29. The fraction of sp³-hybridized carbons (Fsp3) is 0.938. The van der Waals surface area contributed by atoms with Gasteiger partial charge in [0.05, 0.1) is 13.2 Å². The maximum absolute atomic E-state index is 11.7. The van der Waals surface area contributed by atoms with Crippen LogP contribution < -0.4 is 5.73 Å². The molecular formula is C16H34N2O3. The van der Waals surface area contributed by atoms with Gasteiger partial charge < -0.3 is 20.1 Å². The summed E-state index contributed by atoms with van der Waals surface area (Å²) in [6.45, 7) is 12.2. The molecule has 0 fully saturated rings. The summed E-state index contributed by atoms with van der Waals surface area (Å²) in [4.78, 5) is 14.1. The summed E-state index contributed by atoms with van der Waals surface area (Å²) in [6, 6.07) is 0. The van der Waals surface area contributed by atoms with Crippen molar-refractivity contribution in [1.82, 2.24) is 4.90 Å². The molecule has 0 aromatic heterocycles. The molecule has 0 aromatic rings. The van der Waals surface area contributed by atoms with Gasteiger partial charge in [-0.15, -0.1) is 0 Å². The number of carbonyl (C=O) groups excluding carboxylic acids is 1. The van der Waals surface area contributed by atoms with Gasteiger partial charge in [0.1, 0.15) is 5.54 Å². The number of methoxy groups -OCH3 is 1. The first-order valence-corrected chi connectivity index (χ1v) is 8.00. The minimum absolute atomic E-state index is 0.302. The predicted molar refractivity (Wildman–Crippen MR) is 86.2 cm³/mol. The number of rotatable bonds is 12. The van der Waals surface area contributed by atoms with E-state index in [4.69, 9.17) is 15.2 Å². The summed E-state index contributed by atoms with van der Waals surface area (Å²) < 4.78 is 10.1. The molecule has 0 rings (SSSR count). The van der Waals surface area contributed by atoms with Gasteiger partial charge in [0.25, 0.3) is 0 Å². The minimum atomic E-state index is -0.870. The third-order valence-corrected chi connectivity index (χ3v) is 3.40. The highest BCUT2D eigenvalue weighted by atomic mass is 16.5. The summed E-state index contributed by atoms with van der Waals surface area (Å²) >= 11 is 0. The van der Waals surface area contributed by atoms with Gasteiger partial charge in [-0.1, -0.05) is 13.8 Å². The van der Waals surface area contributed by atoms with E-state index in [1.807, 2.05) is 0 Å². The third kappa shape index (κ3) is 9.82. The number of esters is 1. The Morgan fingerprint density at radius 3 is 2.48 bits per heavy atom. The monoisotopic (exact) mass is 302 g/mol. The van der Waals surface area contributed by atoms with Crippen molar-refractivity contribution in [1.29, 1.82) is 0 Å². The molecule has 1 unspecified atom stereocenters. The molecule has 0 aromatic carbocycles. The van der Waals surface area contributed by atoms with Crippen molar-refractivity contribution >= 4 is 5.97 Å². The van der Waals surface area contributed by atoms with Crippen molar-refractivity contribution in [2.45, 2.75) is 52.5 Å². The second-order valence-electron chi connectivity index (χ2n) is 6.28. The van der Waals surface area contributed by atoms with Gasteiger partial charge in [-0.3, -0.25) is 4.79 Å². The molecule has 0 aliphatic carbocycles. The molecular weight excluding hydrogens is 268 g/mol. The second-order valence-corrected chi connectivity index (χ2v) is 6.28. The molecule has 0 radical (unpaired) electrons. The molecule has 0 saturated heterocycles. The average molecular weight is 302 g/mol. The lowest BCUT2D eigenvalue weighted by molar-refractivity contribution is -0.149. The molecule has 5 heteroatoms. The SMILES string of the molecule is CCOC(=O)C(C)(N)CCCCN(CCOC)CC(C)C. The summed E-state index contributed by atoms with van der Waals surface area (Å²) in [6.07, 6.45) is 2.61. The van der Waals surface area contributed by atoms with Crippen molar-refractivity contribution < 1.29 is 14.3 Å². The normalized spacial score (nSPS) is 14.5. The van der Waals surface area contributed by atoms with Crippen LogP contribution in [0.4, 0.5) is 0 Å². The van der Waals surface area contributed by atoms with Crippen LogP contribution in [0.25, 0.3) is 0 Å². The van der Waals surface area contributed by atoms with E-state index in [2.05, 4.69) is 18.7 Å². The van der Waals surface area contributed by atoms with Gasteiger partial charge in [0.15, 0.2) is 0 Å². The van der Waals surface area contributed by atoms with Gasteiger partial charge in [-0.2, -0.15) is 0 Å². The number of ether oxygens (including phenoxy) is 2. The molecule has 0 spiro atoms. The highest BCUT2D eigenvalue weighted by Crippen LogP contribution is 2.13. The zero-order chi connectivity index (χ0) is 16.3. The van der Waals surface area contributed by atoms with Gasteiger partial charge in [0.2, 0.25) is 0 Å². The van der Waals surface area contributed by atoms with Crippen LogP contribution in [0.1, 0.15) is 47.0 Å². The fourth-order valence-electron chi connectivity index (χ4n) is 2.26. The quantitative estimate of drug-likeness (QED) is 0.441. The van der Waals surface area contributed by atoms with E-state index in [9.17, 15) is 4.79 Å². The zero-order valence-electron chi connectivity index (χ0n) is 14.5. The van der Waals surface area contributed by atoms with E-state index in [0.29, 0.717) is 18.9 Å². The van der Waals surface area contributed by atoms with E-state index in [-0.39, 0.29) is 5.97 Å². The first kappa shape index (κ1) is 20.3. The van der Waals surface area contributed by atoms with Crippen molar-refractivity contribution in [2.24, 2.45) is 11.7 Å². The van der Waals surface area contributed by atoms with Crippen molar-refractivity contribution in [3.8, 4) is 0 Å². The Kier molecular flexibility index (Phi) is 10.6. The van der Waals surface area contributed by atoms with Crippen molar-refractivity contribution in [3.63, 3.8) is 0 Å². The molecule has 0 aliphatic rings. The molecule has 0 heterocycles. The van der Waals surface area contributed by atoms with Crippen LogP contribution in [0.2, 0.25) is 0 Å². The van der Waals surface area contributed by atoms with Crippen LogP contribution in [0, 0.1) is 5.92 Å². The Balaban J connectivity index is 4.05. The Bertz CT molecular complexity index is 281. The maximum Gasteiger partial charge on any atom is 0.325 e. The molecule has 126 valence electrons. The van der Waals surface area contributed by atoms with Crippen LogP contribution in [0.3, 0.4) is 0 Å². The van der Waals surface area contributed by atoms with E-state index < -0.39 is 5.54 Å². The molecule has 0 bridgehead atoms. The lowest BCUT2D eigenvalue weighted by Gasteiger charge is -2.25.